The van der Waals surface area contributed by atoms with Gasteiger partial charge in [-0.25, -0.2) is 8.42 Å². The van der Waals surface area contributed by atoms with Gasteiger partial charge in [0, 0.05) is 44.3 Å². The third-order valence-corrected chi connectivity index (χ3v) is 8.64. The molecule has 1 saturated carbocycles. The normalized spacial score (nSPS) is 23.0. The molecule has 1 N–H and O–H groups in total. The van der Waals surface area contributed by atoms with Crippen molar-refractivity contribution < 1.29 is 13.2 Å². The summed E-state index contributed by atoms with van der Waals surface area (Å²) in [5.74, 6) is 0.264. The maximum Gasteiger partial charge on any atom is 0.251 e. The molecule has 4 rings (SSSR count). The molecule has 32 heavy (non-hydrogen) atoms. The summed E-state index contributed by atoms with van der Waals surface area (Å²) in [6, 6.07) is 16.9. The van der Waals surface area contributed by atoms with Crippen LogP contribution in [0.25, 0.3) is 0 Å². The van der Waals surface area contributed by atoms with E-state index in [1.807, 2.05) is 18.2 Å². The monoisotopic (exact) mass is 455 g/mol. The summed E-state index contributed by atoms with van der Waals surface area (Å²) in [5.41, 5.74) is 1.64. The van der Waals surface area contributed by atoms with E-state index in [4.69, 9.17) is 0 Å². The molecule has 1 aliphatic carbocycles. The maximum atomic E-state index is 13.2. The lowest BCUT2D eigenvalue weighted by molar-refractivity contribution is 0.0910. The molecule has 6 nitrogen and oxygen atoms in total. The first-order valence-electron chi connectivity index (χ1n) is 11.6. The molecule has 0 aromatic heterocycles. The van der Waals surface area contributed by atoms with E-state index < -0.39 is 10.0 Å². The fraction of sp³-hybridized carbons (Fsp3) is 0.480. The molecule has 0 bridgehead atoms. The average molecular weight is 456 g/mol. The summed E-state index contributed by atoms with van der Waals surface area (Å²) in [5, 5.41) is 3.12. The predicted molar refractivity (Wildman–Crippen MR) is 126 cm³/mol. The van der Waals surface area contributed by atoms with Gasteiger partial charge in [-0.3, -0.25) is 9.69 Å². The standard InChI is InChI=1S/C25H33N3O3S/c1-20-8-5-6-13-24(20)26-25(29)22-11-7-12-23(18-22)32(30,31)28-16-14-27(15-17-28)19-21-9-3-2-4-10-21/h2-4,7,9-12,18,20,24H,5-6,8,13-17,19H2,1H3,(H,26,29)/t20-,24-/m0/s1. The first-order chi connectivity index (χ1) is 15.4. The molecule has 0 radical (unpaired) electrons. The minimum Gasteiger partial charge on any atom is -0.349 e. The minimum atomic E-state index is -3.63. The Labute approximate surface area is 191 Å². The van der Waals surface area contributed by atoms with E-state index in [1.165, 1.54) is 22.4 Å². The number of rotatable bonds is 6. The van der Waals surface area contributed by atoms with Crippen LogP contribution in [0.2, 0.25) is 0 Å². The number of carbonyl (C=O) groups excluding carboxylic acids is 1. The van der Waals surface area contributed by atoms with Crippen LogP contribution in [0.3, 0.4) is 0 Å². The summed E-state index contributed by atoms with van der Waals surface area (Å²) in [7, 11) is -3.63. The van der Waals surface area contributed by atoms with E-state index in [-0.39, 0.29) is 16.8 Å². The van der Waals surface area contributed by atoms with E-state index in [9.17, 15) is 13.2 Å². The van der Waals surface area contributed by atoms with Gasteiger partial charge in [0.1, 0.15) is 0 Å². The molecule has 0 unspecified atom stereocenters. The molecular weight excluding hydrogens is 422 g/mol. The molecule has 0 spiro atoms. The Balaban J connectivity index is 1.39. The fourth-order valence-corrected chi connectivity index (χ4v) is 6.17. The highest BCUT2D eigenvalue weighted by Crippen LogP contribution is 2.25. The smallest absolute Gasteiger partial charge is 0.251 e. The van der Waals surface area contributed by atoms with Crippen molar-refractivity contribution in [2.75, 3.05) is 26.2 Å². The van der Waals surface area contributed by atoms with Crippen LogP contribution in [0.1, 0.15) is 48.5 Å². The molecule has 2 fully saturated rings. The lowest BCUT2D eigenvalue weighted by Crippen LogP contribution is -2.48. The Bertz CT molecular complexity index is 1020. The Hall–Kier alpha value is -2.22. The van der Waals surface area contributed by atoms with Crippen molar-refractivity contribution in [2.45, 2.75) is 50.1 Å². The third kappa shape index (κ3) is 5.39. The molecule has 2 atom stereocenters. The quantitative estimate of drug-likeness (QED) is 0.724. The number of carbonyl (C=O) groups is 1. The van der Waals surface area contributed by atoms with Crippen LogP contribution in [0, 0.1) is 5.92 Å². The summed E-state index contributed by atoms with van der Waals surface area (Å²) in [6.07, 6.45) is 4.44. The summed E-state index contributed by atoms with van der Waals surface area (Å²) >= 11 is 0. The Morgan fingerprint density at radius 1 is 0.969 bits per heavy atom. The molecule has 172 valence electrons. The number of nitrogens with zero attached hydrogens (tertiary/aromatic N) is 2. The molecule has 7 heteroatoms. The first kappa shape index (κ1) is 23.0. The lowest BCUT2D eigenvalue weighted by atomic mass is 9.86. The Morgan fingerprint density at radius 3 is 2.41 bits per heavy atom. The first-order valence-corrected chi connectivity index (χ1v) is 13.0. The van der Waals surface area contributed by atoms with Crippen molar-refractivity contribution in [3.05, 3.63) is 65.7 Å². The second-order valence-corrected chi connectivity index (χ2v) is 11.0. The largest absolute Gasteiger partial charge is 0.349 e. The van der Waals surface area contributed by atoms with Crippen molar-refractivity contribution >= 4 is 15.9 Å². The SMILES string of the molecule is C[C@H]1CCCC[C@@H]1NC(=O)c1cccc(S(=O)(=O)N2CCN(Cc3ccccc3)CC2)c1. The number of sulfonamides is 1. The van der Waals surface area contributed by atoms with Crippen molar-refractivity contribution in [1.82, 2.24) is 14.5 Å². The van der Waals surface area contributed by atoms with Crippen molar-refractivity contribution in [3.8, 4) is 0 Å². The third-order valence-electron chi connectivity index (χ3n) is 6.74. The average Bonchev–Trinajstić information content (AvgIpc) is 2.82. The Morgan fingerprint density at radius 2 is 1.69 bits per heavy atom. The van der Waals surface area contributed by atoms with Crippen molar-refractivity contribution in [2.24, 2.45) is 5.92 Å². The van der Waals surface area contributed by atoms with E-state index in [0.29, 0.717) is 37.7 Å². The zero-order valence-corrected chi connectivity index (χ0v) is 19.6. The summed E-state index contributed by atoms with van der Waals surface area (Å²) in [6.45, 7) is 5.27. The molecule has 2 aliphatic rings. The van der Waals surface area contributed by atoms with Gasteiger partial charge in [-0.1, -0.05) is 56.2 Å². The number of hydrogen-bond donors (Lipinski definition) is 1. The van der Waals surface area contributed by atoms with Crippen molar-refractivity contribution in [3.63, 3.8) is 0 Å². The second kappa shape index (κ2) is 10.1. The van der Waals surface area contributed by atoms with Gasteiger partial charge in [0.2, 0.25) is 10.0 Å². The summed E-state index contributed by atoms with van der Waals surface area (Å²) < 4.78 is 28.0. The van der Waals surface area contributed by atoms with Gasteiger partial charge in [0.05, 0.1) is 4.90 Å². The van der Waals surface area contributed by atoms with Crippen LogP contribution in [0.5, 0.6) is 0 Å². The molecule has 2 aromatic carbocycles. The van der Waals surface area contributed by atoms with Gasteiger partial charge in [-0.05, 0) is 42.5 Å². The van der Waals surface area contributed by atoms with E-state index in [1.54, 1.807) is 18.2 Å². The van der Waals surface area contributed by atoms with Crippen LogP contribution in [0.4, 0.5) is 0 Å². The van der Waals surface area contributed by atoms with Gasteiger partial charge in [0.15, 0.2) is 0 Å². The zero-order valence-electron chi connectivity index (χ0n) is 18.7. The van der Waals surface area contributed by atoms with Gasteiger partial charge in [0.25, 0.3) is 5.91 Å². The topological polar surface area (TPSA) is 69.7 Å². The zero-order chi connectivity index (χ0) is 22.6. The number of benzene rings is 2. The number of amides is 1. The molecular formula is C25H33N3O3S. The highest BCUT2D eigenvalue weighted by atomic mass is 32.2. The number of nitrogens with one attached hydrogen (secondary N) is 1. The van der Waals surface area contributed by atoms with Crippen LogP contribution in [0.15, 0.2) is 59.5 Å². The maximum absolute atomic E-state index is 13.2. The highest BCUT2D eigenvalue weighted by Gasteiger charge is 2.29. The molecule has 1 saturated heterocycles. The van der Waals surface area contributed by atoms with Gasteiger partial charge in [-0.15, -0.1) is 0 Å². The molecule has 1 aliphatic heterocycles. The van der Waals surface area contributed by atoms with E-state index >= 15 is 0 Å². The van der Waals surface area contributed by atoms with Gasteiger partial charge < -0.3 is 5.32 Å². The second-order valence-electron chi connectivity index (χ2n) is 9.04. The van der Waals surface area contributed by atoms with Crippen molar-refractivity contribution in [1.29, 1.82) is 0 Å². The lowest BCUT2D eigenvalue weighted by Gasteiger charge is -2.34. The van der Waals surface area contributed by atoms with E-state index in [0.717, 1.165) is 25.8 Å². The Kier molecular flexibility index (Phi) is 7.28. The van der Waals surface area contributed by atoms with Crippen LogP contribution < -0.4 is 5.32 Å². The van der Waals surface area contributed by atoms with Crippen LogP contribution >= 0.6 is 0 Å². The summed E-state index contributed by atoms with van der Waals surface area (Å²) in [4.78, 5) is 15.3. The molecule has 1 heterocycles. The highest BCUT2D eigenvalue weighted by molar-refractivity contribution is 7.89. The molecule has 1 amide bonds. The predicted octanol–water partition coefficient (Wildman–Crippen LogP) is 3.50. The fourth-order valence-electron chi connectivity index (χ4n) is 4.70. The van der Waals surface area contributed by atoms with Gasteiger partial charge in [-0.2, -0.15) is 4.31 Å². The minimum absolute atomic E-state index is 0.161. The van der Waals surface area contributed by atoms with Crippen LogP contribution in [-0.4, -0.2) is 55.8 Å². The van der Waals surface area contributed by atoms with E-state index in [2.05, 4.69) is 29.3 Å². The van der Waals surface area contributed by atoms with Crippen LogP contribution in [-0.2, 0) is 16.6 Å². The number of piperazine rings is 1. The molecule has 2 aromatic rings. The number of hydrogen-bond acceptors (Lipinski definition) is 4. The van der Waals surface area contributed by atoms with Gasteiger partial charge >= 0.3 is 0 Å².